The second-order valence-corrected chi connectivity index (χ2v) is 6.32. The van der Waals surface area contributed by atoms with Crippen LogP contribution in [0.5, 0.6) is 0 Å². The molecule has 0 aromatic rings. The van der Waals surface area contributed by atoms with Crippen molar-refractivity contribution in [1.82, 2.24) is 0 Å². The fraction of sp³-hybridized carbons (Fsp3) is 1.00. The summed E-state index contributed by atoms with van der Waals surface area (Å²) in [5, 5.41) is 0. The van der Waals surface area contributed by atoms with Gasteiger partial charge in [0, 0.05) is 9.84 Å². The molecule has 16 heavy (non-hydrogen) atoms. The maximum Gasteiger partial charge on any atom is 0.459 e. The third-order valence-corrected chi connectivity index (χ3v) is 3.29. The Labute approximate surface area is 102 Å². The Hall–Kier alpha value is 0.240. The van der Waals surface area contributed by atoms with E-state index in [0.717, 1.165) is 0 Å². The third-order valence-electron chi connectivity index (χ3n) is 2.14. The SMILES string of the molecule is CCC(C)(I)CC(F)(F)C(F)(F)C(F)(F)F. The molecule has 0 N–H and O–H groups in total. The van der Waals surface area contributed by atoms with Crippen molar-refractivity contribution < 1.29 is 30.7 Å². The minimum absolute atomic E-state index is 0.0666. The van der Waals surface area contributed by atoms with E-state index in [4.69, 9.17) is 0 Å². The van der Waals surface area contributed by atoms with Gasteiger partial charge < -0.3 is 0 Å². The lowest BCUT2D eigenvalue weighted by Gasteiger charge is -2.33. The fourth-order valence-corrected chi connectivity index (χ4v) is 1.39. The summed E-state index contributed by atoms with van der Waals surface area (Å²) in [6.07, 6.45) is -7.70. The van der Waals surface area contributed by atoms with Gasteiger partial charge in [0.25, 0.3) is 0 Å². The summed E-state index contributed by atoms with van der Waals surface area (Å²) < 4.78 is 84.8. The highest BCUT2D eigenvalue weighted by Crippen LogP contribution is 2.51. The molecule has 0 heterocycles. The van der Waals surface area contributed by atoms with E-state index in [1.165, 1.54) is 36.4 Å². The van der Waals surface area contributed by atoms with E-state index in [1.54, 1.807) is 0 Å². The van der Waals surface area contributed by atoms with Gasteiger partial charge in [-0.05, 0) is 6.42 Å². The summed E-state index contributed by atoms with van der Waals surface area (Å²) in [6.45, 7) is 2.64. The van der Waals surface area contributed by atoms with E-state index >= 15 is 0 Å². The molecule has 98 valence electrons. The molecule has 0 amide bonds. The van der Waals surface area contributed by atoms with Gasteiger partial charge in [-0.2, -0.15) is 30.7 Å². The van der Waals surface area contributed by atoms with Crippen molar-refractivity contribution in [3.05, 3.63) is 0 Å². The summed E-state index contributed by atoms with van der Waals surface area (Å²) in [5.74, 6) is -11.1. The zero-order valence-corrected chi connectivity index (χ0v) is 10.6. The predicted molar refractivity (Wildman–Crippen MR) is 53.3 cm³/mol. The van der Waals surface area contributed by atoms with Crippen LogP contribution in [0.15, 0.2) is 0 Å². The van der Waals surface area contributed by atoms with Crippen molar-refractivity contribution in [3.8, 4) is 0 Å². The average molecular weight is 366 g/mol. The van der Waals surface area contributed by atoms with E-state index < -0.39 is 27.9 Å². The molecule has 0 saturated carbocycles. The van der Waals surface area contributed by atoms with Crippen LogP contribution in [-0.4, -0.2) is 21.4 Å². The normalized spacial score (nSPS) is 18.4. The molecule has 0 aromatic heterocycles. The van der Waals surface area contributed by atoms with Gasteiger partial charge in [0.1, 0.15) is 0 Å². The molecule has 0 nitrogen and oxygen atoms in total. The fourth-order valence-electron chi connectivity index (χ4n) is 0.906. The number of hydrogen-bond acceptors (Lipinski definition) is 0. The Morgan fingerprint density at radius 3 is 1.56 bits per heavy atom. The molecule has 0 saturated heterocycles. The molecule has 8 heteroatoms. The molecule has 0 rings (SSSR count). The Kier molecular flexibility index (Phi) is 4.56. The minimum atomic E-state index is -6.24. The van der Waals surface area contributed by atoms with Gasteiger partial charge in [-0.1, -0.05) is 36.4 Å². The standard InChI is InChI=1S/C8H10F7I/c1-3-5(2,16)4-6(9,10)7(11,12)8(13,14)15/h3-4H2,1-2H3. The topological polar surface area (TPSA) is 0 Å². The molecule has 1 unspecified atom stereocenters. The van der Waals surface area contributed by atoms with Crippen LogP contribution in [-0.2, 0) is 0 Å². The first-order chi connectivity index (χ1) is 6.77. The molecule has 0 fully saturated rings. The average Bonchev–Trinajstić information content (AvgIpc) is 2.00. The molecule has 0 aromatic carbocycles. The first kappa shape index (κ1) is 16.2. The van der Waals surface area contributed by atoms with Crippen LogP contribution in [0, 0.1) is 0 Å². The van der Waals surface area contributed by atoms with Crippen molar-refractivity contribution in [3.63, 3.8) is 0 Å². The monoisotopic (exact) mass is 366 g/mol. The first-order valence-electron chi connectivity index (χ1n) is 4.28. The highest BCUT2D eigenvalue weighted by molar-refractivity contribution is 14.1. The van der Waals surface area contributed by atoms with Crippen LogP contribution in [0.25, 0.3) is 0 Å². The van der Waals surface area contributed by atoms with Gasteiger partial charge >= 0.3 is 18.0 Å². The predicted octanol–water partition coefficient (Wildman–Crippen LogP) is 4.81. The van der Waals surface area contributed by atoms with E-state index in [0.29, 0.717) is 0 Å². The Morgan fingerprint density at radius 2 is 1.31 bits per heavy atom. The van der Waals surface area contributed by atoms with Gasteiger partial charge in [-0.25, -0.2) is 0 Å². The van der Waals surface area contributed by atoms with E-state index in [9.17, 15) is 30.7 Å². The first-order valence-corrected chi connectivity index (χ1v) is 5.36. The molecule has 0 spiro atoms. The van der Waals surface area contributed by atoms with Crippen LogP contribution >= 0.6 is 22.6 Å². The Morgan fingerprint density at radius 1 is 0.938 bits per heavy atom. The van der Waals surface area contributed by atoms with E-state index in [1.807, 2.05) is 0 Å². The molecular weight excluding hydrogens is 356 g/mol. The number of halogens is 8. The Balaban J connectivity index is 5.07. The van der Waals surface area contributed by atoms with Crippen molar-refractivity contribution >= 4 is 22.6 Å². The number of rotatable bonds is 4. The molecule has 0 bridgehead atoms. The molecule has 0 radical (unpaired) electrons. The van der Waals surface area contributed by atoms with Crippen molar-refractivity contribution in [2.24, 2.45) is 0 Å². The molecule has 0 aliphatic rings. The van der Waals surface area contributed by atoms with Crippen LogP contribution in [0.3, 0.4) is 0 Å². The lowest BCUT2D eigenvalue weighted by Crippen LogP contribution is -2.53. The second-order valence-electron chi connectivity index (χ2n) is 3.72. The molecule has 1 atom stereocenters. The lowest BCUT2D eigenvalue weighted by molar-refractivity contribution is -0.356. The highest BCUT2D eigenvalue weighted by Gasteiger charge is 2.73. The molecule has 0 aliphatic heterocycles. The molecular formula is C8H10F7I. The molecule has 0 aliphatic carbocycles. The summed E-state index contributed by atoms with van der Waals surface area (Å²) in [4.78, 5) is 0. The lowest BCUT2D eigenvalue weighted by atomic mass is 9.96. The summed E-state index contributed by atoms with van der Waals surface area (Å²) in [7, 11) is 0. The summed E-state index contributed by atoms with van der Waals surface area (Å²) >= 11 is 1.45. The van der Waals surface area contributed by atoms with Crippen LogP contribution in [0.1, 0.15) is 26.7 Å². The zero-order valence-electron chi connectivity index (χ0n) is 8.44. The zero-order chi connectivity index (χ0) is 13.4. The maximum atomic E-state index is 12.9. The summed E-state index contributed by atoms with van der Waals surface area (Å²) in [6, 6.07) is 0. The van der Waals surface area contributed by atoms with Gasteiger partial charge in [0.15, 0.2) is 0 Å². The van der Waals surface area contributed by atoms with Crippen molar-refractivity contribution in [2.45, 2.75) is 48.1 Å². The largest absolute Gasteiger partial charge is 0.459 e. The van der Waals surface area contributed by atoms with Gasteiger partial charge in [-0.15, -0.1) is 0 Å². The highest BCUT2D eigenvalue weighted by atomic mass is 127. The number of alkyl halides is 8. The summed E-state index contributed by atoms with van der Waals surface area (Å²) in [5.41, 5.74) is 0. The smallest absolute Gasteiger partial charge is 0.199 e. The van der Waals surface area contributed by atoms with Crippen molar-refractivity contribution in [2.75, 3.05) is 0 Å². The van der Waals surface area contributed by atoms with Gasteiger partial charge in [0.2, 0.25) is 0 Å². The van der Waals surface area contributed by atoms with Gasteiger partial charge in [0.05, 0.1) is 0 Å². The van der Waals surface area contributed by atoms with Gasteiger partial charge in [-0.3, -0.25) is 0 Å². The minimum Gasteiger partial charge on any atom is -0.199 e. The van der Waals surface area contributed by atoms with E-state index in [-0.39, 0.29) is 6.42 Å². The second kappa shape index (κ2) is 4.49. The van der Waals surface area contributed by atoms with Crippen molar-refractivity contribution in [1.29, 1.82) is 0 Å². The number of hydrogen-bond donors (Lipinski definition) is 0. The quantitative estimate of drug-likeness (QED) is 0.381. The Bertz CT molecular complexity index is 243. The van der Waals surface area contributed by atoms with E-state index in [2.05, 4.69) is 0 Å². The maximum absolute atomic E-state index is 12.9. The van der Waals surface area contributed by atoms with Crippen LogP contribution in [0.2, 0.25) is 0 Å². The third kappa shape index (κ3) is 3.36. The van der Waals surface area contributed by atoms with Crippen LogP contribution < -0.4 is 0 Å². The van der Waals surface area contributed by atoms with Crippen LogP contribution in [0.4, 0.5) is 30.7 Å².